The van der Waals surface area contributed by atoms with Crippen molar-refractivity contribution < 1.29 is 4.42 Å². The zero-order valence-corrected chi connectivity index (χ0v) is 13.8. The number of para-hydroxylation sites is 1. The van der Waals surface area contributed by atoms with E-state index < -0.39 is 0 Å². The first-order chi connectivity index (χ1) is 9.66. The fraction of sp³-hybridized carbons (Fsp3) is 0.500. The highest BCUT2D eigenvalue weighted by Gasteiger charge is 2.05. The Bertz CT molecular complexity index is 536. The Morgan fingerprint density at radius 1 is 1.20 bits per heavy atom. The van der Waals surface area contributed by atoms with E-state index >= 15 is 0 Å². The van der Waals surface area contributed by atoms with Gasteiger partial charge in [-0.3, -0.25) is 0 Å². The van der Waals surface area contributed by atoms with Crippen molar-refractivity contribution in [2.75, 3.05) is 19.6 Å². The van der Waals surface area contributed by atoms with Crippen LogP contribution in [0.1, 0.15) is 26.0 Å². The average molecular weight is 339 g/mol. The van der Waals surface area contributed by atoms with Gasteiger partial charge in [0.25, 0.3) is 0 Å². The standard InChI is InChI=1S/C16H23BrN2O/c1-12(2)10-18-7-4-8-19-11-14-9-13-5-3-6-15(17)16(13)20-14/h3,5-6,9,12,18-19H,4,7-8,10-11H2,1-2H3. The Hall–Kier alpha value is -0.840. The van der Waals surface area contributed by atoms with Crippen molar-refractivity contribution in [3.05, 3.63) is 34.5 Å². The molecule has 1 aromatic carbocycles. The highest BCUT2D eigenvalue weighted by Crippen LogP contribution is 2.26. The molecule has 0 aliphatic carbocycles. The van der Waals surface area contributed by atoms with Crippen LogP contribution in [-0.2, 0) is 6.54 Å². The molecule has 0 saturated carbocycles. The van der Waals surface area contributed by atoms with Crippen LogP contribution in [0.3, 0.4) is 0 Å². The smallest absolute Gasteiger partial charge is 0.148 e. The number of furan rings is 1. The summed E-state index contributed by atoms with van der Waals surface area (Å²) in [6.45, 7) is 8.40. The van der Waals surface area contributed by atoms with E-state index in [1.165, 1.54) is 0 Å². The predicted molar refractivity (Wildman–Crippen MR) is 87.9 cm³/mol. The van der Waals surface area contributed by atoms with E-state index in [1.807, 2.05) is 12.1 Å². The third-order valence-corrected chi connectivity index (χ3v) is 3.73. The van der Waals surface area contributed by atoms with Crippen molar-refractivity contribution in [2.24, 2.45) is 5.92 Å². The average Bonchev–Trinajstić information content (AvgIpc) is 2.82. The van der Waals surface area contributed by atoms with Crippen molar-refractivity contribution >= 4 is 26.9 Å². The zero-order chi connectivity index (χ0) is 14.4. The summed E-state index contributed by atoms with van der Waals surface area (Å²) in [5.41, 5.74) is 0.933. The zero-order valence-electron chi connectivity index (χ0n) is 12.2. The van der Waals surface area contributed by atoms with Crippen molar-refractivity contribution in [1.82, 2.24) is 10.6 Å². The first-order valence-electron chi connectivity index (χ1n) is 7.25. The minimum Gasteiger partial charge on any atom is -0.459 e. The Balaban J connectivity index is 1.69. The molecule has 1 heterocycles. The van der Waals surface area contributed by atoms with Gasteiger partial charge in [0, 0.05) is 5.39 Å². The van der Waals surface area contributed by atoms with Crippen molar-refractivity contribution in [1.29, 1.82) is 0 Å². The molecule has 0 unspecified atom stereocenters. The maximum Gasteiger partial charge on any atom is 0.148 e. The third-order valence-electron chi connectivity index (χ3n) is 3.11. The predicted octanol–water partition coefficient (Wildman–Crippen LogP) is 3.92. The molecular formula is C16H23BrN2O. The van der Waals surface area contributed by atoms with E-state index in [0.717, 1.165) is 59.7 Å². The fourth-order valence-corrected chi connectivity index (χ4v) is 2.57. The Labute approximate surface area is 129 Å². The number of halogens is 1. The van der Waals surface area contributed by atoms with Gasteiger partial charge in [0.1, 0.15) is 11.3 Å². The second kappa shape index (κ2) is 7.81. The van der Waals surface area contributed by atoms with Crippen molar-refractivity contribution in [3.63, 3.8) is 0 Å². The number of benzene rings is 1. The van der Waals surface area contributed by atoms with Crippen molar-refractivity contribution in [3.8, 4) is 0 Å². The van der Waals surface area contributed by atoms with E-state index in [0.29, 0.717) is 0 Å². The summed E-state index contributed by atoms with van der Waals surface area (Å²) in [5, 5.41) is 8.01. The van der Waals surface area contributed by atoms with Crippen LogP contribution in [0.4, 0.5) is 0 Å². The second-order valence-electron chi connectivity index (χ2n) is 5.50. The largest absolute Gasteiger partial charge is 0.459 e. The lowest BCUT2D eigenvalue weighted by atomic mass is 10.2. The molecule has 0 saturated heterocycles. The van der Waals surface area contributed by atoms with Gasteiger partial charge < -0.3 is 15.1 Å². The van der Waals surface area contributed by atoms with Gasteiger partial charge in [0.05, 0.1) is 11.0 Å². The van der Waals surface area contributed by atoms with Gasteiger partial charge in [0.15, 0.2) is 0 Å². The third kappa shape index (κ3) is 4.62. The van der Waals surface area contributed by atoms with Gasteiger partial charge in [-0.05, 0) is 60.0 Å². The first kappa shape index (κ1) is 15.5. The number of nitrogens with one attached hydrogen (secondary N) is 2. The molecule has 110 valence electrons. The van der Waals surface area contributed by atoms with Crippen LogP contribution in [0, 0.1) is 5.92 Å². The Morgan fingerprint density at radius 2 is 2.00 bits per heavy atom. The number of rotatable bonds is 8. The molecule has 2 aromatic rings. The molecule has 20 heavy (non-hydrogen) atoms. The van der Waals surface area contributed by atoms with Crippen LogP contribution in [0.25, 0.3) is 11.0 Å². The summed E-state index contributed by atoms with van der Waals surface area (Å²) in [5.74, 6) is 1.71. The van der Waals surface area contributed by atoms with Crippen LogP contribution in [-0.4, -0.2) is 19.6 Å². The number of hydrogen-bond acceptors (Lipinski definition) is 3. The highest BCUT2D eigenvalue weighted by molar-refractivity contribution is 9.10. The topological polar surface area (TPSA) is 37.2 Å². The van der Waals surface area contributed by atoms with Crippen LogP contribution < -0.4 is 10.6 Å². The Kier molecular flexibility index (Phi) is 6.07. The molecule has 0 fully saturated rings. The van der Waals surface area contributed by atoms with E-state index in [2.05, 4.69) is 52.5 Å². The fourth-order valence-electron chi connectivity index (χ4n) is 2.11. The summed E-state index contributed by atoms with van der Waals surface area (Å²) in [7, 11) is 0. The van der Waals surface area contributed by atoms with Gasteiger partial charge in [-0.1, -0.05) is 26.0 Å². The quantitative estimate of drug-likeness (QED) is 0.716. The minimum absolute atomic E-state index is 0.719. The number of fused-ring (bicyclic) bond motifs is 1. The lowest BCUT2D eigenvalue weighted by Crippen LogP contribution is -2.24. The normalized spacial score (nSPS) is 11.6. The highest BCUT2D eigenvalue weighted by atomic mass is 79.9. The molecule has 0 spiro atoms. The van der Waals surface area contributed by atoms with Crippen LogP contribution in [0.2, 0.25) is 0 Å². The minimum atomic E-state index is 0.719. The summed E-state index contributed by atoms with van der Waals surface area (Å²) in [6.07, 6.45) is 1.14. The molecule has 0 bridgehead atoms. The summed E-state index contributed by atoms with van der Waals surface area (Å²) < 4.78 is 6.85. The van der Waals surface area contributed by atoms with Crippen molar-refractivity contribution in [2.45, 2.75) is 26.8 Å². The van der Waals surface area contributed by atoms with E-state index in [4.69, 9.17) is 4.42 Å². The molecule has 2 rings (SSSR count). The number of hydrogen-bond donors (Lipinski definition) is 2. The SMILES string of the molecule is CC(C)CNCCCNCc1cc2cccc(Br)c2o1. The van der Waals surface area contributed by atoms with E-state index in [1.54, 1.807) is 0 Å². The van der Waals surface area contributed by atoms with E-state index in [-0.39, 0.29) is 0 Å². The second-order valence-corrected chi connectivity index (χ2v) is 6.35. The van der Waals surface area contributed by atoms with Gasteiger partial charge in [-0.15, -0.1) is 0 Å². The lowest BCUT2D eigenvalue weighted by molar-refractivity contribution is 0.496. The van der Waals surface area contributed by atoms with Crippen LogP contribution in [0.5, 0.6) is 0 Å². The first-order valence-corrected chi connectivity index (χ1v) is 8.04. The van der Waals surface area contributed by atoms with Gasteiger partial charge in [0.2, 0.25) is 0 Å². The van der Waals surface area contributed by atoms with Crippen LogP contribution >= 0.6 is 15.9 Å². The van der Waals surface area contributed by atoms with Gasteiger partial charge in [-0.25, -0.2) is 0 Å². The maximum absolute atomic E-state index is 5.83. The molecule has 4 heteroatoms. The molecule has 0 aliphatic rings. The molecular weight excluding hydrogens is 316 g/mol. The summed E-state index contributed by atoms with van der Waals surface area (Å²) >= 11 is 3.51. The molecule has 0 atom stereocenters. The van der Waals surface area contributed by atoms with Gasteiger partial charge >= 0.3 is 0 Å². The summed E-state index contributed by atoms with van der Waals surface area (Å²) in [4.78, 5) is 0. The monoisotopic (exact) mass is 338 g/mol. The molecule has 0 radical (unpaired) electrons. The van der Waals surface area contributed by atoms with Gasteiger partial charge in [-0.2, -0.15) is 0 Å². The lowest BCUT2D eigenvalue weighted by Gasteiger charge is -2.07. The Morgan fingerprint density at radius 3 is 2.75 bits per heavy atom. The molecule has 0 aliphatic heterocycles. The summed E-state index contributed by atoms with van der Waals surface area (Å²) in [6, 6.07) is 8.20. The molecule has 3 nitrogen and oxygen atoms in total. The maximum atomic E-state index is 5.83. The van der Waals surface area contributed by atoms with Crippen LogP contribution in [0.15, 0.2) is 33.2 Å². The molecule has 1 aromatic heterocycles. The molecule has 2 N–H and O–H groups in total. The molecule has 0 amide bonds. The van der Waals surface area contributed by atoms with E-state index in [9.17, 15) is 0 Å².